The zero-order chi connectivity index (χ0) is 19.0. The van der Waals surface area contributed by atoms with Gasteiger partial charge in [0, 0.05) is 6.07 Å². The van der Waals surface area contributed by atoms with Crippen molar-refractivity contribution in [3.8, 4) is 0 Å². The van der Waals surface area contributed by atoms with Gasteiger partial charge in [0.05, 0.1) is 10.5 Å². The Bertz CT molecular complexity index is 791. The Balaban J connectivity index is 2.88. The van der Waals surface area contributed by atoms with Crippen LogP contribution in [0.4, 0.5) is 32.0 Å². The van der Waals surface area contributed by atoms with Crippen LogP contribution in [0.15, 0.2) is 48.5 Å². The molecule has 0 aliphatic heterocycles. The second-order valence-electron chi connectivity index (χ2n) is 5.06. The van der Waals surface area contributed by atoms with Crippen molar-refractivity contribution in [2.75, 3.05) is 0 Å². The monoisotopic (exact) mass is 365 g/mol. The Morgan fingerprint density at radius 1 is 0.920 bits per heavy atom. The first-order valence-corrected chi connectivity index (χ1v) is 6.59. The molecule has 1 unspecified atom stereocenters. The average molecular weight is 365 g/mol. The van der Waals surface area contributed by atoms with E-state index in [0.29, 0.717) is 36.4 Å². The maximum atomic E-state index is 14.2. The van der Waals surface area contributed by atoms with Crippen LogP contribution in [0.1, 0.15) is 11.1 Å². The third-order valence-electron chi connectivity index (χ3n) is 3.56. The van der Waals surface area contributed by atoms with Gasteiger partial charge in [-0.2, -0.15) is 22.0 Å². The number of aliphatic hydroxyl groups is 1. The van der Waals surface area contributed by atoms with Crippen LogP contribution in [0.25, 0.3) is 0 Å². The van der Waals surface area contributed by atoms with Crippen LogP contribution in [0.2, 0.25) is 0 Å². The van der Waals surface area contributed by atoms with Crippen LogP contribution in [0.3, 0.4) is 0 Å². The summed E-state index contributed by atoms with van der Waals surface area (Å²) in [6.45, 7) is 0. The topological polar surface area (TPSA) is 63.4 Å². The normalized spacial score (nSPS) is 14.8. The third kappa shape index (κ3) is 2.93. The molecule has 0 bridgehead atoms. The quantitative estimate of drug-likeness (QED) is 0.503. The van der Waals surface area contributed by atoms with Gasteiger partial charge in [-0.15, -0.1) is 0 Å². The van der Waals surface area contributed by atoms with Crippen LogP contribution < -0.4 is 0 Å². The van der Waals surface area contributed by atoms with Crippen molar-refractivity contribution < 1.29 is 36.4 Å². The van der Waals surface area contributed by atoms with E-state index >= 15 is 0 Å². The predicted molar refractivity (Wildman–Crippen MR) is 73.5 cm³/mol. The Morgan fingerprint density at radius 3 is 1.92 bits per heavy atom. The molecule has 2 aromatic rings. The number of nitro groups is 1. The maximum Gasteiger partial charge on any atom is 0.457 e. The highest BCUT2D eigenvalue weighted by atomic mass is 19.4. The summed E-state index contributed by atoms with van der Waals surface area (Å²) in [4.78, 5) is 9.84. The van der Waals surface area contributed by atoms with Gasteiger partial charge in [0.15, 0.2) is 5.60 Å². The molecule has 0 saturated carbocycles. The van der Waals surface area contributed by atoms with E-state index < -0.39 is 45.3 Å². The molecular formula is C15H9F6NO3. The SMILES string of the molecule is O=[N+]([O-])c1ccccc1C(O)(c1ccc(F)cc1)C(F)(F)C(F)(F)F. The molecule has 1 atom stereocenters. The van der Waals surface area contributed by atoms with Crippen molar-refractivity contribution in [1.29, 1.82) is 0 Å². The first-order valence-electron chi connectivity index (χ1n) is 6.59. The van der Waals surface area contributed by atoms with Gasteiger partial charge in [0.2, 0.25) is 0 Å². The molecule has 0 aliphatic rings. The number of rotatable bonds is 4. The van der Waals surface area contributed by atoms with Crippen molar-refractivity contribution >= 4 is 5.69 Å². The highest BCUT2D eigenvalue weighted by Gasteiger charge is 2.72. The highest BCUT2D eigenvalue weighted by molar-refractivity contribution is 5.51. The molecule has 0 radical (unpaired) electrons. The molecular weight excluding hydrogens is 356 g/mol. The molecule has 25 heavy (non-hydrogen) atoms. The van der Waals surface area contributed by atoms with E-state index in [0.717, 1.165) is 12.1 Å². The molecule has 2 rings (SSSR count). The summed E-state index contributed by atoms with van der Waals surface area (Å²) in [5.41, 5.74) is -7.60. The van der Waals surface area contributed by atoms with Gasteiger partial charge in [-0.25, -0.2) is 4.39 Å². The van der Waals surface area contributed by atoms with Gasteiger partial charge in [0.25, 0.3) is 5.69 Å². The molecule has 0 heterocycles. The zero-order valence-corrected chi connectivity index (χ0v) is 12.1. The summed E-state index contributed by atoms with van der Waals surface area (Å²) in [6.07, 6.45) is -6.24. The van der Waals surface area contributed by atoms with Crippen molar-refractivity contribution in [3.05, 3.63) is 75.6 Å². The number of nitrogens with zero attached hydrogens (tertiary/aromatic N) is 1. The van der Waals surface area contributed by atoms with E-state index in [1.165, 1.54) is 0 Å². The fourth-order valence-corrected chi connectivity index (χ4v) is 2.34. The summed E-state index contributed by atoms with van der Waals surface area (Å²) in [6, 6.07) is 5.39. The van der Waals surface area contributed by atoms with E-state index in [9.17, 15) is 41.6 Å². The molecule has 0 saturated heterocycles. The minimum Gasteiger partial charge on any atom is -0.374 e. The number of alkyl halides is 5. The van der Waals surface area contributed by atoms with E-state index in [2.05, 4.69) is 0 Å². The Kier molecular flexibility index (Phi) is 4.51. The number of nitro benzene ring substituents is 1. The first kappa shape index (κ1) is 18.7. The lowest BCUT2D eigenvalue weighted by Gasteiger charge is -2.37. The molecule has 0 spiro atoms. The molecule has 4 nitrogen and oxygen atoms in total. The zero-order valence-electron chi connectivity index (χ0n) is 12.1. The smallest absolute Gasteiger partial charge is 0.374 e. The number of hydrogen-bond acceptors (Lipinski definition) is 3. The summed E-state index contributed by atoms with van der Waals surface area (Å²) in [5.74, 6) is -6.76. The second kappa shape index (κ2) is 6.03. The summed E-state index contributed by atoms with van der Waals surface area (Å²) < 4.78 is 80.3. The van der Waals surface area contributed by atoms with Crippen molar-refractivity contribution in [2.45, 2.75) is 17.7 Å². The maximum absolute atomic E-state index is 14.2. The van der Waals surface area contributed by atoms with Crippen molar-refractivity contribution in [3.63, 3.8) is 0 Å². The molecule has 134 valence electrons. The first-order chi connectivity index (χ1) is 11.4. The number of hydrogen-bond donors (Lipinski definition) is 1. The minimum atomic E-state index is -6.24. The van der Waals surface area contributed by atoms with Crippen molar-refractivity contribution in [1.82, 2.24) is 0 Å². The molecule has 10 heteroatoms. The van der Waals surface area contributed by atoms with Gasteiger partial charge in [-0.05, 0) is 23.8 Å². The fraction of sp³-hybridized carbons (Fsp3) is 0.200. The number of para-hydroxylation sites is 1. The van der Waals surface area contributed by atoms with E-state index in [1.807, 2.05) is 0 Å². The van der Waals surface area contributed by atoms with Crippen LogP contribution in [-0.4, -0.2) is 22.1 Å². The Hall–Kier alpha value is -2.62. The van der Waals surface area contributed by atoms with E-state index in [-0.39, 0.29) is 0 Å². The summed E-state index contributed by atoms with van der Waals surface area (Å²) in [7, 11) is 0. The second-order valence-corrected chi connectivity index (χ2v) is 5.06. The standard InChI is InChI=1S/C15H9F6NO3/c16-10-7-5-9(6-8-10)13(23,14(17,18)15(19,20)21)11-3-1-2-4-12(11)22(24)25/h1-8,23H. The molecule has 2 aromatic carbocycles. The van der Waals surface area contributed by atoms with Gasteiger partial charge in [-0.1, -0.05) is 24.3 Å². The molecule has 0 aliphatic carbocycles. The predicted octanol–water partition coefficient (Wildman–Crippen LogP) is 4.17. The van der Waals surface area contributed by atoms with Crippen LogP contribution in [0.5, 0.6) is 0 Å². The average Bonchev–Trinajstić information content (AvgIpc) is 2.53. The lowest BCUT2D eigenvalue weighted by atomic mass is 9.79. The number of benzene rings is 2. The minimum absolute atomic E-state index is 0.506. The van der Waals surface area contributed by atoms with Crippen LogP contribution >= 0.6 is 0 Å². The Morgan fingerprint density at radius 2 is 1.44 bits per heavy atom. The number of halogens is 6. The van der Waals surface area contributed by atoms with Gasteiger partial charge in [-0.3, -0.25) is 10.1 Å². The summed E-state index contributed by atoms with van der Waals surface area (Å²) in [5, 5.41) is 21.5. The van der Waals surface area contributed by atoms with Gasteiger partial charge >= 0.3 is 12.1 Å². The summed E-state index contributed by atoms with van der Waals surface area (Å²) >= 11 is 0. The van der Waals surface area contributed by atoms with Gasteiger partial charge in [0.1, 0.15) is 5.82 Å². The van der Waals surface area contributed by atoms with E-state index in [1.54, 1.807) is 0 Å². The molecule has 0 fully saturated rings. The van der Waals surface area contributed by atoms with Crippen molar-refractivity contribution in [2.24, 2.45) is 0 Å². The highest BCUT2D eigenvalue weighted by Crippen LogP contribution is 2.53. The Labute approximate surface area is 136 Å². The lowest BCUT2D eigenvalue weighted by molar-refractivity contribution is -0.389. The van der Waals surface area contributed by atoms with Crippen LogP contribution in [-0.2, 0) is 5.60 Å². The lowest BCUT2D eigenvalue weighted by Crippen LogP contribution is -2.55. The molecule has 0 aromatic heterocycles. The van der Waals surface area contributed by atoms with Crippen LogP contribution in [0, 0.1) is 15.9 Å². The molecule has 0 amide bonds. The third-order valence-corrected chi connectivity index (χ3v) is 3.56. The largest absolute Gasteiger partial charge is 0.457 e. The fourth-order valence-electron chi connectivity index (χ4n) is 2.34. The van der Waals surface area contributed by atoms with Gasteiger partial charge < -0.3 is 5.11 Å². The molecule has 1 N–H and O–H groups in total. The van der Waals surface area contributed by atoms with E-state index in [4.69, 9.17) is 0 Å².